The van der Waals surface area contributed by atoms with Gasteiger partial charge < -0.3 is 4.74 Å². The normalized spacial score (nSPS) is 16.3. The molecule has 94 valence electrons. The van der Waals surface area contributed by atoms with Gasteiger partial charge in [0.25, 0.3) is 0 Å². The molecule has 4 nitrogen and oxygen atoms in total. The third-order valence-electron chi connectivity index (χ3n) is 3.69. The first-order valence-corrected chi connectivity index (χ1v) is 6.36. The Hall–Kier alpha value is -1.84. The van der Waals surface area contributed by atoms with E-state index in [-0.39, 0.29) is 5.97 Å². The first kappa shape index (κ1) is 11.3. The van der Waals surface area contributed by atoms with E-state index in [4.69, 9.17) is 4.74 Å². The van der Waals surface area contributed by atoms with Crippen LogP contribution < -0.4 is 0 Å². The van der Waals surface area contributed by atoms with Gasteiger partial charge in [-0.2, -0.15) is 0 Å². The Balaban J connectivity index is 2.17. The van der Waals surface area contributed by atoms with Gasteiger partial charge in [-0.3, -0.25) is 4.40 Å². The third-order valence-corrected chi connectivity index (χ3v) is 3.69. The third kappa shape index (κ3) is 1.68. The Morgan fingerprint density at radius 2 is 2.17 bits per heavy atom. The highest BCUT2D eigenvalue weighted by Crippen LogP contribution is 2.34. The topological polar surface area (TPSA) is 43.6 Å². The van der Waals surface area contributed by atoms with E-state index in [9.17, 15) is 4.79 Å². The van der Waals surface area contributed by atoms with Crippen LogP contribution >= 0.6 is 0 Å². The fourth-order valence-electron chi connectivity index (χ4n) is 2.81. The van der Waals surface area contributed by atoms with Gasteiger partial charge in [-0.15, -0.1) is 0 Å². The lowest BCUT2D eigenvalue weighted by atomic mass is 10.1. The lowest BCUT2D eigenvalue weighted by Crippen LogP contribution is -2.11. The first-order chi connectivity index (χ1) is 8.81. The molecular formula is C14H16N2O2. The molecule has 0 aliphatic heterocycles. The van der Waals surface area contributed by atoms with Crippen LogP contribution in [-0.2, 0) is 4.74 Å². The van der Waals surface area contributed by atoms with Crippen LogP contribution in [0.25, 0.3) is 5.52 Å². The maximum atomic E-state index is 11.8. The number of imidazole rings is 1. The number of pyridine rings is 1. The van der Waals surface area contributed by atoms with Crippen molar-refractivity contribution in [2.75, 3.05) is 7.11 Å². The lowest BCUT2D eigenvalue weighted by Gasteiger charge is -2.11. The Morgan fingerprint density at radius 3 is 2.89 bits per heavy atom. The number of methoxy groups -OCH3 is 1. The highest BCUT2D eigenvalue weighted by atomic mass is 16.5. The van der Waals surface area contributed by atoms with E-state index in [1.54, 1.807) is 6.07 Å². The molecule has 0 spiro atoms. The van der Waals surface area contributed by atoms with Crippen molar-refractivity contribution in [3.63, 3.8) is 0 Å². The van der Waals surface area contributed by atoms with Gasteiger partial charge in [0.05, 0.1) is 18.8 Å². The molecule has 1 fully saturated rings. The minimum atomic E-state index is -0.308. The number of nitrogens with zero attached hydrogens (tertiary/aromatic N) is 2. The van der Waals surface area contributed by atoms with Crippen molar-refractivity contribution in [3.8, 4) is 0 Å². The van der Waals surface area contributed by atoms with Crippen LogP contribution in [0.5, 0.6) is 0 Å². The molecule has 1 aliphatic carbocycles. The minimum absolute atomic E-state index is 0.308. The summed E-state index contributed by atoms with van der Waals surface area (Å²) in [5.74, 6) is 1.17. The van der Waals surface area contributed by atoms with Crippen LogP contribution in [0.1, 0.15) is 47.9 Å². The minimum Gasteiger partial charge on any atom is -0.464 e. The summed E-state index contributed by atoms with van der Waals surface area (Å²) in [4.78, 5) is 16.3. The van der Waals surface area contributed by atoms with Crippen LogP contribution in [0, 0.1) is 0 Å². The summed E-state index contributed by atoms with van der Waals surface area (Å²) in [5.41, 5.74) is 1.52. The van der Waals surface area contributed by atoms with Gasteiger partial charge in [-0.1, -0.05) is 18.9 Å². The zero-order valence-corrected chi connectivity index (χ0v) is 10.4. The van der Waals surface area contributed by atoms with Crippen molar-refractivity contribution in [2.24, 2.45) is 0 Å². The van der Waals surface area contributed by atoms with Crippen LogP contribution in [0.3, 0.4) is 0 Å². The second-order valence-electron chi connectivity index (χ2n) is 4.76. The summed E-state index contributed by atoms with van der Waals surface area (Å²) in [6, 6.07) is 5.62. The standard InChI is InChI=1S/C14H16N2O2/c1-18-14(17)12-8-4-7-11-9-15-13(16(11)12)10-5-2-3-6-10/h4,7-10H,2-3,5-6H2,1H3. The second kappa shape index (κ2) is 4.44. The molecule has 0 radical (unpaired) electrons. The van der Waals surface area contributed by atoms with E-state index >= 15 is 0 Å². The average Bonchev–Trinajstić information content (AvgIpc) is 3.05. The number of hydrogen-bond acceptors (Lipinski definition) is 3. The average molecular weight is 244 g/mol. The Labute approximate surface area is 106 Å². The molecule has 2 aromatic heterocycles. The molecule has 2 aromatic rings. The zero-order chi connectivity index (χ0) is 12.5. The predicted molar refractivity (Wildman–Crippen MR) is 67.7 cm³/mol. The van der Waals surface area contributed by atoms with Gasteiger partial charge in [0.1, 0.15) is 11.5 Å². The van der Waals surface area contributed by atoms with E-state index < -0.39 is 0 Å². The molecule has 4 heteroatoms. The number of aromatic nitrogens is 2. The molecule has 3 rings (SSSR count). The number of esters is 1. The van der Waals surface area contributed by atoms with Crippen molar-refractivity contribution < 1.29 is 9.53 Å². The largest absolute Gasteiger partial charge is 0.464 e. The Kier molecular flexibility index (Phi) is 2.78. The number of fused-ring (bicyclic) bond motifs is 1. The van der Waals surface area contributed by atoms with Gasteiger partial charge in [0, 0.05) is 5.92 Å². The van der Waals surface area contributed by atoms with Crippen molar-refractivity contribution in [1.29, 1.82) is 0 Å². The van der Waals surface area contributed by atoms with E-state index in [0.717, 1.165) is 24.2 Å². The predicted octanol–water partition coefficient (Wildman–Crippen LogP) is 2.78. The molecule has 1 aliphatic rings. The van der Waals surface area contributed by atoms with Crippen molar-refractivity contribution in [1.82, 2.24) is 9.38 Å². The highest BCUT2D eigenvalue weighted by Gasteiger charge is 2.23. The molecule has 2 heterocycles. The molecule has 0 unspecified atom stereocenters. The second-order valence-corrected chi connectivity index (χ2v) is 4.76. The number of rotatable bonds is 2. The molecule has 0 amide bonds. The maximum absolute atomic E-state index is 11.8. The number of ether oxygens (including phenoxy) is 1. The molecule has 1 saturated carbocycles. The molecule has 18 heavy (non-hydrogen) atoms. The summed E-state index contributed by atoms with van der Waals surface area (Å²) >= 11 is 0. The van der Waals surface area contributed by atoms with E-state index in [1.165, 1.54) is 20.0 Å². The zero-order valence-electron chi connectivity index (χ0n) is 10.4. The van der Waals surface area contributed by atoms with Crippen molar-refractivity contribution in [3.05, 3.63) is 35.9 Å². The fraction of sp³-hybridized carbons (Fsp3) is 0.429. The molecule has 0 saturated heterocycles. The van der Waals surface area contributed by atoms with Gasteiger partial charge in [0.15, 0.2) is 0 Å². The number of carbonyl (C=O) groups excluding carboxylic acids is 1. The van der Waals surface area contributed by atoms with Crippen molar-refractivity contribution in [2.45, 2.75) is 31.6 Å². The summed E-state index contributed by atoms with van der Waals surface area (Å²) < 4.78 is 6.79. The molecule has 0 bridgehead atoms. The smallest absolute Gasteiger partial charge is 0.355 e. The van der Waals surface area contributed by atoms with Crippen LogP contribution in [0.4, 0.5) is 0 Å². The van der Waals surface area contributed by atoms with E-state index in [2.05, 4.69) is 4.98 Å². The molecular weight excluding hydrogens is 228 g/mol. The number of hydrogen-bond donors (Lipinski definition) is 0. The lowest BCUT2D eigenvalue weighted by molar-refractivity contribution is 0.0592. The highest BCUT2D eigenvalue weighted by molar-refractivity contribution is 5.88. The monoisotopic (exact) mass is 244 g/mol. The molecule has 0 atom stereocenters. The molecule has 0 aromatic carbocycles. The fourth-order valence-corrected chi connectivity index (χ4v) is 2.81. The van der Waals surface area contributed by atoms with Crippen LogP contribution in [0.15, 0.2) is 24.4 Å². The maximum Gasteiger partial charge on any atom is 0.355 e. The number of carbonyl (C=O) groups is 1. The SMILES string of the molecule is COC(=O)c1cccc2cnc(C3CCCC3)n12. The Bertz CT molecular complexity index is 582. The van der Waals surface area contributed by atoms with Crippen molar-refractivity contribution >= 4 is 11.5 Å². The first-order valence-electron chi connectivity index (χ1n) is 6.36. The van der Waals surface area contributed by atoms with E-state index in [0.29, 0.717) is 11.6 Å². The van der Waals surface area contributed by atoms with Gasteiger partial charge >= 0.3 is 5.97 Å². The van der Waals surface area contributed by atoms with Gasteiger partial charge in [0.2, 0.25) is 0 Å². The van der Waals surface area contributed by atoms with Gasteiger partial charge in [-0.25, -0.2) is 9.78 Å². The quantitative estimate of drug-likeness (QED) is 0.763. The molecule has 0 N–H and O–H groups in total. The summed E-state index contributed by atoms with van der Waals surface area (Å²) in [7, 11) is 1.41. The Morgan fingerprint density at radius 1 is 1.39 bits per heavy atom. The van der Waals surface area contributed by atoms with Crippen LogP contribution in [0.2, 0.25) is 0 Å². The van der Waals surface area contributed by atoms with Gasteiger partial charge in [-0.05, 0) is 25.0 Å². The van der Waals surface area contributed by atoms with Crippen LogP contribution in [-0.4, -0.2) is 22.5 Å². The summed E-state index contributed by atoms with van der Waals surface area (Å²) in [6.07, 6.45) is 6.66. The van der Waals surface area contributed by atoms with E-state index in [1.807, 2.05) is 22.7 Å². The summed E-state index contributed by atoms with van der Waals surface area (Å²) in [5, 5.41) is 0. The summed E-state index contributed by atoms with van der Waals surface area (Å²) in [6.45, 7) is 0.